The summed E-state index contributed by atoms with van der Waals surface area (Å²) in [4.78, 5) is 16.9. The van der Waals surface area contributed by atoms with E-state index in [0.717, 1.165) is 42.5 Å². The van der Waals surface area contributed by atoms with Crippen LogP contribution in [0.15, 0.2) is 48.5 Å². The van der Waals surface area contributed by atoms with Gasteiger partial charge in [-0.3, -0.25) is 9.69 Å². The lowest BCUT2D eigenvalue weighted by Crippen LogP contribution is -2.53. The van der Waals surface area contributed by atoms with E-state index in [1.807, 2.05) is 31.2 Å². The van der Waals surface area contributed by atoms with Gasteiger partial charge >= 0.3 is 0 Å². The maximum atomic E-state index is 12.9. The Hall–Kier alpha value is -2.11. The number of carbonyl (C=O) groups is 1. The maximum absolute atomic E-state index is 12.9. The van der Waals surface area contributed by atoms with Crippen molar-refractivity contribution in [2.24, 2.45) is 0 Å². The molecule has 0 spiro atoms. The molecule has 1 saturated heterocycles. The summed E-state index contributed by atoms with van der Waals surface area (Å²) in [7, 11) is 0. The van der Waals surface area contributed by atoms with Crippen LogP contribution in [0.5, 0.6) is 0 Å². The van der Waals surface area contributed by atoms with E-state index in [4.69, 9.17) is 11.6 Å². The lowest BCUT2D eigenvalue weighted by Gasteiger charge is -2.38. The summed E-state index contributed by atoms with van der Waals surface area (Å²) in [6.45, 7) is 5.60. The Labute approximate surface area is 158 Å². The summed E-state index contributed by atoms with van der Waals surface area (Å²) in [5.41, 5.74) is 1.93. The number of amides is 1. The second kappa shape index (κ2) is 8.52. The van der Waals surface area contributed by atoms with Gasteiger partial charge in [-0.2, -0.15) is 0 Å². The highest BCUT2D eigenvalue weighted by Crippen LogP contribution is 2.26. The number of rotatable bonds is 5. The van der Waals surface area contributed by atoms with Gasteiger partial charge in [0.25, 0.3) is 0 Å². The van der Waals surface area contributed by atoms with Crippen LogP contribution < -0.4 is 10.2 Å². The quantitative estimate of drug-likeness (QED) is 0.870. The molecular formula is C20H23ClFN3O. The van der Waals surface area contributed by atoms with Gasteiger partial charge in [0.05, 0.1) is 16.8 Å². The smallest absolute Gasteiger partial charge is 0.237 e. The van der Waals surface area contributed by atoms with Crippen LogP contribution in [0.25, 0.3) is 0 Å². The third-order valence-corrected chi connectivity index (χ3v) is 5.13. The molecule has 1 heterocycles. The average Bonchev–Trinajstić information content (AvgIpc) is 2.67. The predicted octanol–water partition coefficient (Wildman–Crippen LogP) is 3.31. The number of piperazine rings is 1. The molecule has 2 aromatic rings. The summed E-state index contributed by atoms with van der Waals surface area (Å²) in [5, 5.41) is 3.69. The van der Waals surface area contributed by atoms with Gasteiger partial charge in [-0.15, -0.1) is 0 Å². The van der Waals surface area contributed by atoms with E-state index in [2.05, 4.69) is 15.1 Å². The number of nitrogens with one attached hydrogen (secondary N) is 1. The van der Waals surface area contributed by atoms with Crippen LogP contribution in [0.3, 0.4) is 0 Å². The molecule has 0 aliphatic carbocycles. The second-order valence-electron chi connectivity index (χ2n) is 6.49. The number of hydrogen-bond acceptors (Lipinski definition) is 3. The molecule has 3 rings (SSSR count). The van der Waals surface area contributed by atoms with Crippen molar-refractivity contribution in [3.63, 3.8) is 0 Å². The molecule has 138 valence electrons. The fourth-order valence-corrected chi connectivity index (χ4v) is 3.42. The molecule has 1 aliphatic heterocycles. The molecule has 6 heteroatoms. The average molecular weight is 376 g/mol. The normalized spacial score (nSPS) is 16.3. The molecule has 0 bridgehead atoms. The van der Waals surface area contributed by atoms with Gasteiger partial charge in [0, 0.05) is 32.7 Å². The summed E-state index contributed by atoms with van der Waals surface area (Å²) in [5.74, 6) is -0.287. The minimum atomic E-state index is -0.273. The molecule has 0 aromatic heterocycles. The van der Waals surface area contributed by atoms with Crippen LogP contribution in [0, 0.1) is 5.82 Å². The summed E-state index contributed by atoms with van der Waals surface area (Å²) in [6, 6.07) is 13.8. The molecule has 1 N–H and O–H groups in total. The third kappa shape index (κ3) is 4.54. The Morgan fingerprint density at radius 2 is 1.77 bits per heavy atom. The predicted molar refractivity (Wildman–Crippen MR) is 103 cm³/mol. The van der Waals surface area contributed by atoms with E-state index in [1.54, 1.807) is 12.1 Å². The Kier molecular flexibility index (Phi) is 6.12. The van der Waals surface area contributed by atoms with Crippen LogP contribution in [0.1, 0.15) is 12.5 Å². The van der Waals surface area contributed by atoms with E-state index >= 15 is 0 Å². The zero-order valence-electron chi connectivity index (χ0n) is 14.8. The number of anilines is 1. The number of para-hydroxylation sites is 1. The number of benzene rings is 2. The molecular weight excluding hydrogens is 353 g/mol. The minimum Gasteiger partial charge on any atom is -0.368 e. The number of nitrogens with zero attached hydrogens (tertiary/aromatic N) is 2. The van der Waals surface area contributed by atoms with Crippen LogP contribution in [0.4, 0.5) is 10.1 Å². The molecule has 1 amide bonds. The second-order valence-corrected chi connectivity index (χ2v) is 6.90. The molecule has 0 saturated carbocycles. The lowest BCUT2D eigenvalue weighted by molar-refractivity contribution is -0.126. The van der Waals surface area contributed by atoms with Gasteiger partial charge in [0.2, 0.25) is 5.91 Å². The monoisotopic (exact) mass is 375 g/mol. The molecule has 1 aliphatic rings. The fraction of sp³-hybridized carbons (Fsp3) is 0.350. The minimum absolute atomic E-state index is 0.0134. The highest BCUT2D eigenvalue weighted by Gasteiger charge is 2.26. The van der Waals surface area contributed by atoms with E-state index in [0.29, 0.717) is 6.54 Å². The van der Waals surface area contributed by atoms with Gasteiger partial charge in [0.1, 0.15) is 5.82 Å². The van der Waals surface area contributed by atoms with Gasteiger partial charge in [-0.1, -0.05) is 35.9 Å². The van der Waals surface area contributed by atoms with Crippen molar-refractivity contribution in [2.75, 3.05) is 31.1 Å². The Balaban J connectivity index is 1.49. The highest BCUT2D eigenvalue weighted by molar-refractivity contribution is 6.33. The van der Waals surface area contributed by atoms with Crippen LogP contribution >= 0.6 is 11.6 Å². The first-order valence-corrected chi connectivity index (χ1v) is 9.18. The standard InChI is InChI=1S/C20H23ClFN3O/c1-15(20(26)23-14-16-6-8-17(22)9-7-16)24-10-12-25(13-11-24)19-5-3-2-4-18(19)21/h2-9,15H,10-14H2,1H3,(H,23,26)/t15-/m1/s1. The van der Waals surface area contributed by atoms with Crippen LogP contribution in [-0.4, -0.2) is 43.0 Å². The van der Waals surface area contributed by atoms with Gasteiger partial charge in [-0.25, -0.2) is 4.39 Å². The highest BCUT2D eigenvalue weighted by atomic mass is 35.5. The maximum Gasteiger partial charge on any atom is 0.237 e. The van der Waals surface area contributed by atoms with Crippen molar-refractivity contribution in [2.45, 2.75) is 19.5 Å². The number of carbonyl (C=O) groups excluding carboxylic acids is 1. The van der Waals surface area contributed by atoms with Crippen molar-refractivity contribution in [3.8, 4) is 0 Å². The Morgan fingerprint density at radius 3 is 2.42 bits per heavy atom. The molecule has 26 heavy (non-hydrogen) atoms. The Morgan fingerprint density at radius 1 is 1.12 bits per heavy atom. The van der Waals surface area contributed by atoms with E-state index in [1.165, 1.54) is 12.1 Å². The zero-order chi connectivity index (χ0) is 18.5. The lowest BCUT2D eigenvalue weighted by atomic mass is 10.2. The molecule has 1 atom stereocenters. The van der Waals surface area contributed by atoms with Crippen molar-refractivity contribution in [1.29, 1.82) is 0 Å². The van der Waals surface area contributed by atoms with E-state index < -0.39 is 0 Å². The van der Waals surface area contributed by atoms with Gasteiger partial charge in [-0.05, 0) is 36.8 Å². The Bertz CT molecular complexity index is 745. The molecule has 2 aromatic carbocycles. The third-order valence-electron chi connectivity index (χ3n) is 4.81. The van der Waals surface area contributed by atoms with Crippen molar-refractivity contribution in [3.05, 3.63) is 64.9 Å². The molecule has 0 radical (unpaired) electrons. The molecule has 4 nitrogen and oxygen atoms in total. The fourth-order valence-electron chi connectivity index (χ4n) is 3.16. The van der Waals surface area contributed by atoms with Gasteiger partial charge in [0.15, 0.2) is 0 Å². The number of halogens is 2. The first kappa shape index (κ1) is 18.7. The van der Waals surface area contributed by atoms with Gasteiger partial charge < -0.3 is 10.2 Å². The summed E-state index contributed by atoms with van der Waals surface area (Å²) < 4.78 is 12.9. The topological polar surface area (TPSA) is 35.6 Å². The summed E-state index contributed by atoms with van der Waals surface area (Å²) in [6.07, 6.45) is 0. The van der Waals surface area contributed by atoms with Crippen LogP contribution in [-0.2, 0) is 11.3 Å². The number of hydrogen-bond donors (Lipinski definition) is 1. The van der Waals surface area contributed by atoms with E-state index in [-0.39, 0.29) is 17.8 Å². The first-order chi connectivity index (χ1) is 12.5. The first-order valence-electron chi connectivity index (χ1n) is 8.80. The van der Waals surface area contributed by atoms with Crippen molar-refractivity contribution < 1.29 is 9.18 Å². The van der Waals surface area contributed by atoms with Crippen LogP contribution in [0.2, 0.25) is 5.02 Å². The summed E-state index contributed by atoms with van der Waals surface area (Å²) >= 11 is 6.27. The van der Waals surface area contributed by atoms with Crippen molar-refractivity contribution >= 4 is 23.2 Å². The largest absolute Gasteiger partial charge is 0.368 e. The molecule has 1 fully saturated rings. The molecule has 0 unspecified atom stereocenters. The zero-order valence-corrected chi connectivity index (χ0v) is 15.5. The SMILES string of the molecule is C[C@H](C(=O)NCc1ccc(F)cc1)N1CCN(c2ccccc2Cl)CC1. The van der Waals surface area contributed by atoms with E-state index in [9.17, 15) is 9.18 Å². The van der Waals surface area contributed by atoms with Crippen molar-refractivity contribution in [1.82, 2.24) is 10.2 Å².